The number of primary amides is 1. The number of carbonyl (C=O) groups is 3. The molecule has 0 heterocycles. The first-order chi connectivity index (χ1) is 5.45. The van der Waals surface area contributed by atoms with Gasteiger partial charge in [0.2, 0.25) is 5.78 Å². The van der Waals surface area contributed by atoms with E-state index in [1.54, 1.807) is 0 Å². The van der Waals surface area contributed by atoms with Gasteiger partial charge in [-0.15, -0.1) is 0 Å². The number of nitrogens with two attached hydrogens (primary N) is 2. The zero-order valence-electron chi connectivity index (χ0n) is 6.87. The van der Waals surface area contributed by atoms with E-state index in [0.717, 1.165) is 0 Å². The van der Waals surface area contributed by atoms with Gasteiger partial charge < -0.3 is 11.5 Å². The molecule has 0 unspecified atom stereocenters. The Morgan fingerprint density at radius 1 is 1.33 bits per heavy atom. The predicted molar refractivity (Wildman–Crippen MR) is 42.1 cm³/mol. The zero-order valence-corrected chi connectivity index (χ0v) is 6.87. The topological polar surface area (TPSA) is 103 Å². The van der Waals surface area contributed by atoms with Crippen LogP contribution in [0.2, 0.25) is 0 Å². The third-order valence-corrected chi connectivity index (χ3v) is 1.48. The van der Waals surface area contributed by atoms with Crippen LogP contribution in [0.4, 0.5) is 0 Å². The summed E-state index contributed by atoms with van der Waals surface area (Å²) in [7, 11) is 0. The highest BCUT2D eigenvalue weighted by molar-refractivity contribution is 6.35. The maximum Gasteiger partial charge on any atom is 0.284 e. The van der Waals surface area contributed by atoms with Crippen molar-refractivity contribution in [2.45, 2.75) is 25.8 Å². The van der Waals surface area contributed by atoms with Crippen molar-refractivity contribution in [1.29, 1.82) is 0 Å². The second kappa shape index (κ2) is 4.61. The summed E-state index contributed by atoms with van der Waals surface area (Å²) >= 11 is 0. The van der Waals surface area contributed by atoms with Gasteiger partial charge in [-0.25, -0.2) is 0 Å². The lowest BCUT2D eigenvalue weighted by Crippen LogP contribution is -2.31. The Kier molecular flexibility index (Phi) is 4.14. The monoisotopic (exact) mass is 172 g/mol. The van der Waals surface area contributed by atoms with Gasteiger partial charge in [0.1, 0.15) is 5.78 Å². The van der Waals surface area contributed by atoms with E-state index in [1.165, 1.54) is 6.92 Å². The maximum absolute atomic E-state index is 10.6. The summed E-state index contributed by atoms with van der Waals surface area (Å²) in [6.07, 6.45) is 0.118. The highest BCUT2D eigenvalue weighted by Crippen LogP contribution is 1.96. The maximum atomic E-state index is 10.6. The first kappa shape index (κ1) is 10.8. The molecule has 0 radical (unpaired) electrons. The summed E-state index contributed by atoms with van der Waals surface area (Å²) in [4.78, 5) is 31.4. The fraction of sp³-hybridized carbons (Fsp3) is 0.571. The standard InChI is InChI=1S/C7H12N2O3/c1-4(10)5(8)2-3-6(11)7(9)12/h5H,2-3,8H2,1H3,(H2,9,12)/t5-/m0/s1. The van der Waals surface area contributed by atoms with Crippen molar-refractivity contribution in [3.63, 3.8) is 0 Å². The number of carbonyl (C=O) groups excluding carboxylic acids is 3. The van der Waals surface area contributed by atoms with Crippen molar-refractivity contribution in [3.8, 4) is 0 Å². The second-order valence-electron chi connectivity index (χ2n) is 2.54. The van der Waals surface area contributed by atoms with Crippen molar-refractivity contribution in [2.75, 3.05) is 0 Å². The van der Waals surface area contributed by atoms with Crippen molar-refractivity contribution >= 4 is 17.5 Å². The molecule has 0 aromatic heterocycles. The van der Waals surface area contributed by atoms with Gasteiger partial charge in [0.05, 0.1) is 6.04 Å². The van der Waals surface area contributed by atoms with Gasteiger partial charge in [0.15, 0.2) is 0 Å². The van der Waals surface area contributed by atoms with Crippen LogP contribution < -0.4 is 11.5 Å². The Balaban J connectivity index is 3.76. The summed E-state index contributed by atoms with van der Waals surface area (Å²) in [6, 6.07) is -0.673. The highest BCUT2D eigenvalue weighted by Gasteiger charge is 2.13. The molecular formula is C7H12N2O3. The molecule has 0 saturated carbocycles. The van der Waals surface area contributed by atoms with Gasteiger partial charge in [-0.3, -0.25) is 14.4 Å². The van der Waals surface area contributed by atoms with Crippen LogP contribution in [0.5, 0.6) is 0 Å². The van der Waals surface area contributed by atoms with Crippen molar-refractivity contribution < 1.29 is 14.4 Å². The van der Waals surface area contributed by atoms with Crippen LogP contribution in [0.1, 0.15) is 19.8 Å². The molecule has 0 bridgehead atoms. The van der Waals surface area contributed by atoms with Gasteiger partial charge >= 0.3 is 0 Å². The first-order valence-corrected chi connectivity index (χ1v) is 3.53. The quantitative estimate of drug-likeness (QED) is 0.505. The molecule has 0 spiro atoms. The molecule has 4 N–H and O–H groups in total. The van der Waals surface area contributed by atoms with E-state index in [4.69, 9.17) is 5.73 Å². The van der Waals surface area contributed by atoms with E-state index < -0.39 is 17.7 Å². The lowest BCUT2D eigenvalue weighted by molar-refractivity contribution is -0.136. The van der Waals surface area contributed by atoms with E-state index in [9.17, 15) is 14.4 Å². The lowest BCUT2D eigenvalue weighted by atomic mass is 10.1. The van der Waals surface area contributed by atoms with Gasteiger partial charge in [-0.2, -0.15) is 0 Å². The molecule has 0 aliphatic heterocycles. The molecule has 1 amide bonds. The molecule has 0 saturated heterocycles. The van der Waals surface area contributed by atoms with Crippen molar-refractivity contribution in [2.24, 2.45) is 11.5 Å². The zero-order chi connectivity index (χ0) is 9.72. The summed E-state index contributed by atoms with van der Waals surface area (Å²) in [5.74, 6) is -1.87. The number of amides is 1. The van der Waals surface area contributed by atoms with E-state index >= 15 is 0 Å². The molecule has 0 rings (SSSR count). The molecule has 0 aromatic carbocycles. The van der Waals surface area contributed by atoms with E-state index in [2.05, 4.69) is 5.73 Å². The molecule has 12 heavy (non-hydrogen) atoms. The fourth-order valence-electron chi connectivity index (χ4n) is 0.613. The smallest absolute Gasteiger partial charge is 0.284 e. The first-order valence-electron chi connectivity index (χ1n) is 3.53. The van der Waals surface area contributed by atoms with Gasteiger partial charge in [0.25, 0.3) is 5.91 Å². The molecule has 5 nitrogen and oxygen atoms in total. The Morgan fingerprint density at radius 2 is 1.83 bits per heavy atom. The van der Waals surface area contributed by atoms with Gasteiger partial charge in [-0.1, -0.05) is 0 Å². The van der Waals surface area contributed by atoms with E-state index in [-0.39, 0.29) is 18.6 Å². The third-order valence-electron chi connectivity index (χ3n) is 1.48. The van der Waals surface area contributed by atoms with Crippen LogP contribution in [-0.2, 0) is 14.4 Å². The summed E-state index contributed by atoms with van der Waals surface area (Å²) < 4.78 is 0. The average molecular weight is 172 g/mol. The molecular weight excluding hydrogens is 160 g/mol. The minimum absolute atomic E-state index is 0.0594. The van der Waals surface area contributed by atoms with Crippen LogP contribution in [0.3, 0.4) is 0 Å². The summed E-state index contributed by atoms with van der Waals surface area (Å²) in [5.41, 5.74) is 10.00. The summed E-state index contributed by atoms with van der Waals surface area (Å²) in [5, 5.41) is 0. The lowest BCUT2D eigenvalue weighted by Gasteiger charge is -2.04. The Bertz CT molecular complexity index is 213. The molecule has 68 valence electrons. The second-order valence-corrected chi connectivity index (χ2v) is 2.54. The van der Waals surface area contributed by atoms with Crippen LogP contribution in [-0.4, -0.2) is 23.5 Å². The van der Waals surface area contributed by atoms with Gasteiger partial charge in [-0.05, 0) is 13.3 Å². The molecule has 0 aliphatic rings. The Morgan fingerprint density at radius 3 is 2.17 bits per heavy atom. The number of Topliss-reactive ketones (excluding diaryl/α,β-unsaturated/α-hetero) is 2. The van der Waals surface area contributed by atoms with Crippen molar-refractivity contribution in [1.82, 2.24) is 0 Å². The van der Waals surface area contributed by atoms with Crippen LogP contribution >= 0.6 is 0 Å². The minimum Gasteiger partial charge on any atom is -0.363 e. The number of ketones is 2. The third kappa shape index (κ3) is 3.82. The SMILES string of the molecule is CC(=O)[C@@H](N)CCC(=O)C(N)=O. The number of hydrogen-bond donors (Lipinski definition) is 2. The normalized spacial score (nSPS) is 12.2. The molecule has 5 heteroatoms. The Hall–Kier alpha value is -1.23. The highest BCUT2D eigenvalue weighted by atomic mass is 16.2. The largest absolute Gasteiger partial charge is 0.363 e. The van der Waals surface area contributed by atoms with Crippen LogP contribution in [0.15, 0.2) is 0 Å². The molecule has 0 aromatic rings. The predicted octanol–water partition coefficient (Wildman–Crippen LogP) is -1.26. The van der Waals surface area contributed by atoms with Crippen LogP contribution in [0, 0.1) is 0 Å². The number of rotatable bonds is 5. The fourth-order valence-corrected chi connectivity index (χ4v) is 0.613. The summed E-state index contributed by atoms with van der Waals surface area (Å²) in [6.45, 7) is 1.33. The van der Waals surface area contributed by atoms with E-state index in [1.807, 2.05) is 0 Å². The molecule has 1 atom stereocenters. The average Bonchev–Trinajstić information content (AvgIpc) is 1.98. The number of hydrogen-bond acceptors (Lipinski definition) is 4. The van der Waals surface area contributed by atoms with E-state index in [0.29, 0.717) is 0 Å². The van der Waals surface area contributed by atoms with Crippen LogP contribution in [0.25, 0.3) is 0 Å². The molecule has 0 fully saturated rings. The van der Waals surface area contributed by atoms with Gasteiger partial charge in [0, 0.05) is 6.42 Å². The molecule has 0 aliphatic carbocycles. The van der Waals surface area contributed by atoms with Crippen molar-refractivity contribution in [3.05, 3.63) is 0 Å². The Labute approximate surface area is 70.1 Å². The minimum atomic E-state index is -0.981.